The molecule has 20 heavy (non-hydrogen) atoms. The van der Waals surface area contributed by atoms with E-state index in [1.165, 1.54) is 24.0 Å². The zero-order valence-corrected chi connectivity index (χ0v) is 10.8. The summed E-state index contributed by atoms with van der Waals surface area (Å²) < 4.78 is 18.6. The zero-order valence-electron chi connectivity index (χ0n) is 10.8. The standard InChI is InChI=1S/C13H13FN2O4/c1-8(18)15-5-11-6-16(13(19)20-11)10-3-2-9(7-17)12(14)4-10/h2-4,7,11H,5-6H2,1H3,(H,15,18)/t11-/m0/s1. The summed E-state index contributed by atoms with van der Waals surface area (Å²) in [5, 5.41) is 2.55. The van der Waals surface area contributed by atoms with Gasteiger partial charge in [-0.2, -0.15) is 0 Å². The number of hydrogen-bond acceptors (Lipinski definition) is 4. The van der Waals surface area contributed by atoms with Crippen LogP contribution in [0.25, 0.3) is 0 Å². The number of hydrogen-bond donors (Lipinski definition) is 1. The molecular formula is C13H13FN2O4. The molecule has 1 aromatic rings. The summed E-state index contributed by atoms with van der Waals surface area (Å²) in [5.74, 6) is -0.920. The number of cyclic esters (lactones) is 1. The first-order valence-electron chi connectivity index (χ1n) is 5.98. The van der Waals surface area contributed by atoms with E-state index in [4.69, 9.17) is 4.74 Å². The first kappa shape index (κ1) is 14.0. The molecule has 0 radical (unpaired) electrons. The van der Waals surface area contributed by atoms with Crippen molar-refractivity contribution in [1.82, 2.24) is 5.32 Å². The van der Waals surface area contributed by atoms with Gasteiger partial charge in [-0.25, -0.2) is 9.18 Å². The van der Waals surface area contributed by atoms with E-state index in [1.807, 2.05) is 0 Å². The molecule has 0 unspecified atom stereocenters. The highest BCUT2D eigenvalue weighted by Gasteiger charge is 2.32. The minimum Gasteiger partial charge on any atom is -0.442 e. The molecule has 0 aromatic heterocycles. The van der Waals surface area contributed by atoms with Crippen molar-refractivity contribution in [1.29, 1.82) is 0 Å². The molecule has 1 atom stereocenters. The van der Waals surface area contributed by atoms with Gasteiger partial charge < -0.3 is 10.1 Å². The third kappa shape index (κ3) is 2.93. The van der Waals surface area contributed by atoms with Crippen LogP contribution >= 0.6 is 0 Å². The molecule has 6 nitrogen and oxygen atoms in total. The number of nitrogens with zero attached hydrogens (tertiary/aromatic N) is 1. The second-order valence-corrected chi connectivity index (χ2v) is 4.38. The van der Waals surface area contributed by atoms with Crippen molar-refractivity contribution in [2.24, 2.45) is 0 Å². The van der Waals surface area contributed by atoms with E-state index in [-0.39, 0.29) is 24.6 Å². The molecule has 1 heterocycles. The van der Waals surface area contributed by atoms with Crippen LogP contribution in [0.2, 0.25) is 0 Å². The Morgan fingerprint density at radius 2 is 2.35 bits per heavy atom. The molecule has 0 saturated carbocycles. The third-order valence-corrected chi connectivity index (χ3v) is 2.88. The van der Waals surface area contributed by atoms with Crippen LogP contribution in [0, 0.1) is 5.82 Å². The average Bonchev–Trinajstić information content (AvgIpc) is 2.77. The lowest BCUT2D eigenvalue weighted by molar-refractivity contribution is -0.119. The fraction of sp³-hybridized carbons (Fsp3) is 0.308. The lowest BCUT2D eigenvalue weighted by atomic mass is 10.2. The summed E-state index contributed by atoms with van der Waals surface area (Å²) in [4.78, 5) is 34.3. The Morgan fingerprint density at radius 3 is 2.95 bits per heavy atom. The molecule has 1 aliphatic heterocycles. The van der Waals surface area contributed by atoms with Gasteiger partial charge in [0.05, 0.1) is 24.3 Å². The van der Waals surface area contributed by atoms with Crippen LogP contribution < -0.4 is 10.2 Å². The lowest BCUT2D eigenvalue weighted by Crippen LogP contribution is -2.33. The first-order valence-corrected chi connectivity index (χ1v) is 5.98. The second kappa shape index (κ2) is 5.68. The van der Waals surface area contributed by atoms with Crippen molar-refractivity contribution in [2.75, 3.05) is 18.0 Å². The molecule has 7 heteroatoms. The molecule has 1 aromatic carbocycles. The fourth-order valence-corrected chi connectivity index (χ4v) is 1.88. The fourth-order valence-electron chi connectivity index (χ4n) is 1.88. The summed E-state index contributed by atoms with van der Waals surface area (Å²) >= 11 is 0. The third-order valence-electron chi connectivity index (χ3n) is 2.88. The number of anilines is 1. The van der Waals surface area contributed by atoms with Crippen molar-refractivity contribution in [2.45, 2.75) is 13.0 Å². The molecule has 1 saturated heterocycles. The van der Waals surface area contributed by atoms with Crippen LogP contribution in [0.1, 0.15) is 17.3 Å². The first-order chi connectivity index (χ1) is 9.51. The van der Waals surface area contributed by atoms with Gasteiger partial charge in [0.1, 0.15) is 11.9 Å². The Balaban J connectivity index is 2.09. The minimum absolute atomic E-state index is 0.0730. The number of amides is 2. The Kier molecular flexibility index (Phi) is 3.97. The summed E-state index contributed by atoms with van der Waals surface area (Å²) in [6.07, 6.45) is -0.695. The zero-order chi connectivity index (χ0) is 14.7. The van der Waals surface area contributed by atoms with Gasteiger partial charge in [-0.1, -0.05) is 0 Å². The topological polar surface area (TPSA) is 75.7 Å². The van der Waals surface area contributed by atoms with E-state index >= 15 is 0 Å². The van der Waals surface area contributed by atoms with Crippen molar-refractivity contribution < 1.29 is 23.5 Å². The number of carbonyl (C=O) groups excluding carboxylic acids is 3. The highest BCUT2D eigenvalue weighted by atomic mass is 19.1. The molecule has 2 amide bonds. The second-order valence-electron chi connectivity index (χ2n) is 4.38. The number of carbonyl (C=O) groups is 3. The molecule has 106 valence electrons. The monoisotopic (exact) mass is 280 g/mol. The normalized spacial score (nSPS) is 17.8. The number of halogens is 1. The maximum absolute atomic E-state index is 13.5. The van der Waals surface area contributed by atoms with Crippen molar-refractivity contribution in [3.05, 3.63) is 29.6 Å². The Hall–Kier alpha value is -2.44. The van der Waals surface area contributed by atoms with E-state index in [2.05, 4.69) is 5.32 Å². The Bertz CT molecular complexity index is 561. The van der Waals surface area contributed by atoms with Crippen LogP contribution in [-0.2, 0) is 9.53 Å². The van der Waals surface area contributed by atoms with Crippen LogP contribution in [0.3, 0.4) is 0 Å². The van der Waals surface area contributed by atoms with E-state index in [0.717, 1.165) is 6.07 Å². The van der Waals surface area contributed by atoms with E-state index in [1.54, 1.807) is 0 Å². The number of benzene rings is 1. The van der Waals surface area contributed by atoms with Gasteiger partial charge in [0.2, 0.25) is 5.91 Å². The Morgan fingerprint density at radius 1 is 1.60 bits per heavy atom. The quantitative estimate of drug-likeness (QED) is 0.838. The van der Waals surface area contributed by atoms with Crippen molar-refractivity contribution >= 4 is 24.0 Å². The van der Waals surface area contributed by atoms with Crippen LogP contribution in [0.5, 0.6) is 0 Å². The SMILES string of the molecule is CC(=O)NC[C@H]1CN(c2ccc(C=O)c(F)c2)C(=O)O1. The molecule has 1 aliphatic rings. The highest BCUT2D eigenvalue weighted by molar-refractivity contribution is 5.90. The molecule has 0 bridgehead atoms. The number of ether oxygens (including phenoxy) is 1. The minimum atomic E-state index is -0.699. The molecule has 1 fully saturated rings. The number of aldehydes is 1. The largest absolute Gasteiger partial charge is 0.442 e. The summed E-state index contributed by atoms with van der Waals surface area (Å²) in [5.41, 5.74) is 0.236. The summed E-state index contributed by atoms with van der Waals surface area (Å²) in [6.45, 7) is 1.77. The van der Waals surface area contributed by atoms with Gasteiger partial charge >= 0.3 is 6.09 Å². The summed E-state index contributed by atoms with van der Waals surface area (Å²) in [7, 11) is 0. The number of nitrogens with one attached hydrogen (secondary N) is 1. The van der Waals surface area contributed by atoms with Gasteiger partial charge in [0.15, 0.2) is 6.29 Å². The van der Waals surface area contributed by atoms with E-state index in [9.17, 15) is 18.8 Å². The maximum atomic E-state index is 13.5. The van der Waals surface area contributed by atoms with Crippen molar-refractivity contribution in [3.8, 4) is 0 Å². The highest BCUT2D eigenvalue weighted by Crippen LogP contribution is 2.23. The van der Waals surface area contributed by atoms with Gasteiger partial charge in [-0.15, -0.1) is 0 Å². The van der Waals surface area contributed by atoms with Crippen molar-refractivity contribution in [3.63, 3.8) is 0 Å². The number of rotatable bonds is 4. The maximum Gasteiger partial charge on any atom is 0.414 e. The summed E-state index contributed by atoms with van der Waals surface area (Å²) in [6, 6.07) is 3.87. The van der Waals surface area contributed by atoms with Gasteiger partial charge in [0.25, 0.3) is 0 Å². The molecule has 1 N–H and O–H groups in total. The predicted molar refractivity (Wildman–Crippen MR) is 68.1 cm³/mol. The molecular weight excluding hydrogens is 267 g/mol. The smallest absolute Gasteiger partial charge is 0.414 e. The average molecular weight is 280 g/mol. The molecule has 2 rings (SSSR count). The van der Waals surface area contributed by atoms with E-state index < -0.39 is 18.0 Å². The molecule has 0 spiro atoms. The van der Waals surface area contributed by atoms with Crippen LogP contribution in [-0.4, -0.2) is 37.5 Å². The molecule has 0 aliphatic carbocycles. The lowest BCUT2D eigenvalue weighted by Gasteiger charge is -2.13. The van der Waals surface area contributed by atoms with Gasteiger partial charge in [0, 0.05) is 6.92 Å². The van der Waals surface area contributed by atoms with Crippen LogP contribution in [0.15, 0.2) is 18.2 Å². The Labute approximate surface area is 114 Å². The van der Waals surface area contributed by atoms with Crippen LogP contribution in [0.4, 0.5) is 14.9 Å². The predicted octanol–water partition coefficient (Wildman–Crippen LogP) is 1.10. The van der Waals surface area contributed by atoms with Gasteiger partial charge in [-0.05, 0) is 18.2 Å². The van der Waals surface area contributed by atoms with Gasteiger partial charge in [-0.3, -0.25) is 14.5 Å². The van der Waals surface area contributed by atoms with E-state index in [0.29, 0.717) is 12.0 Å².